The second-order valence-electron chi connectivity index (χ2n) is 11.3. The molecular formula is C33H49FN4O4. The van der Waals surface area contributed by atoms with Crippen molar-refractivity contribution in [1.82, 2.24) is 9.80 Å². The molecule has 1 saturated heterocycles. The molecule has 2 aliphatic rings. The van der Waals surface area contributed by atoms with Gasteiger partial charge in [0.2, 0.25) is 0 Å². The Labute approximate surface area is 251 Å². The number of likely N-dealkylation sites (N-methyl/N-ethyl adjacent to an activating group) is 1. The normalized spacial score (nSPS) is 15.2. The standard InChI is InChI=1S/C31H43FN4O4.C2H6/c1-8-34-11-13-35(14-12-34)23-16-20(15-22(28(23)38-7)31(4,5)6)24(37)19-36-18-21-17-25(39-9-2)29(40-10-3)27(32)26(21)30(36)33;1-2/h15-17,33H,8-14,18-19H2,1-7H3;1-2H3. The minimum atomic E-state index is -0.615. The maximum atomic E-state index is 15.5. The average Bonchev–Trinajstić information content (AvgIpc) is 3.29. The Balaban J connectivity index is 0.00000237. The number of nitrogens with zero attached hydrogens (tertiary/aromatic N) is 3. The van der Waals surface area contributed by atoms with Crippen molar-refractivity contribution in [2.45, 2.75) is 67.3 Å². The van der Waals surface area contributed by atoms with Crippen molar-refractivity contribution >= 4 is 17.3 Å². The highest BCUT2D eigenvalue weighted by molar-refractivity contribution is 6.06. The number of Topliss-reactive ketones (excluding diaryl/α,β-unsaturated/α-hetero) is 1. The molecule has 0 saturated carbocycles. The summed E-state index contributed by atoms with van der Waals surface area (Å²) in [7, 11) is 1.68. The predicted molar refractivity (Wildman–Crippen MR) is 168 cm³/mol. The number of hydrogen-bond acceptors (Lipinski definition) is 7. The second-order valence-corrected chi connectivity index (χ2v) is 11.3. The number of carbonyl (C=O) groups excluding carboxylic acids is 1. The van der Waals surface area contributed by atoms with Gasteiger partial charge in [-0.1, -0.05) is 41.5 Å². The van der Waals surface area contributed by atoms with Crippen LogP contribution in [0.1, 0.15) is 82.4 Å². The lowest BCUT2D eigenvalue weighted by Crippen LogP contribution is -2.46. The summed E-state index contributed by atoms with van der Waals surface area (Å²) in [6.07, 6.45) is 0. The Morgan fingerprint density at radius 3 is 2.17 bits per heavy atom. The zero-order valence-corrected chi connectivity index (χ0v) is 26.9. The van der Waals surface area contributed by atoms with Gasteiger partial charge < -0.3 is 28.9 Å². The lowest BCUT2D eigenvalue weighted by atomic mass is 9.84. The first kappa shape index (κ1) is 33.2. The molecule has 0 spiro atoms. The van der Waals surface area contributed by atoms with Crippen molar-refractivity contribution in [2.24, 2.45) is 0 Å². The van der Waals surface area contributed by atoms with E-state index in [1.165, 1.54) is 0 Å². The molecule has 0 bridgehead atoms. The predicted octanol–water partition coefficient (Wildman–Crippen LogP) is 6.12. The summed E-state index contributed by atoms with van der Waals surface area (Å²) in [5.41, 5.74) is 2.96. The van der Waals surface area contributed by atoms with Crippen LogP contribution >= 0.6 is 0 Å². The summed E-state index contributed by atoms with van der Waals surface area (Å²) >= 11 is 0. The van der Waals surface area contributed by atoms with Crippen LogP contribution in [0.3, 0.4) is 0 Å². The van der Waals surface area contributed by atoms with Crippen molar-refractivity contribution < 1.29 is 23.4 Å². The number of hydrogen-bond donors (Lipinski definition) is 1. The van der Waals surface area contributed by atoms with Gasteiger partial charge in [0, 0.05) is 43.9 Å². The Kier molecular flexibility index (Phi) is 11.2. The third-order valence-corrected chi connectivity index (χ3v) is 7.67. The van der Waals surface area contributed by atoms with E-state index in [9.17, 15) is 4.79 Å². The minimum Gasteiger partial charge on any atom is -0.494 e. The van der Waals surface area contributed by atoms with Crippen LogP contribution < -0.4 is 19.1 Å². The second kappa shape index (κ2) is 14.2. The fourth-order valence-corrected chi connectivity index (χ4v) is 5.51. The number of benzene rings is 2. The van der Waals surface area contributed by atoms with Crippen molar-refractivity contribution in [3.05, 3.63) is 46.3 Å². The fourth-order valence-electron chi connectivity index (χ4n) is 5.51. The van der Waals surface area contributed by atoms with Gasteiger partial charge in [0.25, 0.3) is 0 Å². The van der Waals surface area contributed by atoms with Crippen molar-refractivity contribution in [3.8, 4) is 17.2 Å². The molecule has 0 unspecified atom stereocenters. The number of ether oxygens (including phenoxy) is 3. The number of amidine groups is 1. The molecule has 0 atom stereocenters. The maximum Gasteiger partial charge on any atom is 0.197 e. The molecule has 8 nitrogen and oxygen atoms in total. The Morgan fingerprint density at radius 1 is 0.976 bits per heavy atom. The monoisotopic (exact) mass is 584 g/mol. The first-order valence-electron chi connectivity index (χ1n) is 15.2. The summed E-state index contributed by atoms with van der Waals surface area (Å²) in [4.78, 5) is 20.1. The van der Waals surface area contributed by atoms with Crippen LogP contribution in [0.25, 0.3) is 0 Å². The lowest BCUT2D eigenvalue weighted by molar-refractivity contribution is 0.0962. The van der Waals surface area contributed by atoms with Gasteiger partial charge in [0.05, 0.1) is 38.1 Å². The van der Waals surface area contributed by atoms with Crippen molar-refractivity contribution in [3.63, 3.8) is 0 Å². The Morgan fingerprint density at radius 2 is 1.62 bits per heavy atom. The van der Waals surface area contributed by atoms with E-state index in [0.717, 1.165) is 49.7 Å². The summed E-state index contributed by atoms with van der Waals surface area (Å²) in [6.45, 7) is 21.6. The minimum absolute atomic E-state index is 0.0128. The zero-order chi connectivity index (χ0) is 31.2. The zero-order valence-electron chi connectivity index (χ0n) is 26.9. The molecule has 42 heavy (non-hydrogen) atoms. The molecule has 0 amide bonds. The van der Waals surface area contributed by atoms with Gasteiger partial charge in [-0.05, 0) is 49.6 Å². The molecule has 1 N–H and O–H groups in total. The van der Waals surface area contributed by atoms with Gasteiger partial charge in [-0.15, -0.1) is 0 Å². The number of carbonyl (C=O) groups is 1. The molecule has 1 fully saturated rings. The maximum absolute atomic E-state index is 15.5. The molecule has 2 aromatic carbocycles. The van der Waals surface area contributed by atoms with E-state index in [1.54, 1.807) is 25.0 Å². The SMILES string of the molecule is CC.CCOc1cc2c(c(F)c1OCC)C(=N)N(CC(=O)c1cc(N3CCN(CC)CC3)c(OC)c(C(C)(C)C)c1)C2. The lowest BCUT2D eigenvalue weighted by Gasteiger charge is -2.37. The molecule has 2 aliphatic heterocycles. The quantitative estimate of drug-likeness (QED) is 0.337. The molecule has 232 valence electrons. The van der Waals surface area contributed by atoms with Crippen LogP contribution in [-0.4, -0.2) is 81.0 Å². The van der Waals surface area contributed by atoms with Crippen LogP contribution in [0.2, 0.25) is 0 Å². The van der Waals surface area contributed by atoms with Crippen LogP contribution in [0.4, 0.5) is 10.1 Å². The molecular weight excluding hydrogens is 535 g/mol. The van der Waals surface area contributed by atoms with Crippen molar-refractivity contribution in [2.75, 3.05) is 64.5 Å². The van der Waals surface area contributed by atoms with E-state index in [4.69, 9.17) is 19.6 Å². The third kappa shape index (κ3) is 6.83. The van der Waals surface area contributed by atoms with E-state index < -0.39 is 5.82 Å². The van der Waals surface area contributed by atoms with Crippen LogP contribution in [0.5, 0.6) is 17.2 Å². The number of methoxy groups -OCH3 is 1. The molecule has 0 aromatic heterocycles. The first-order valence-corrected chi connectivity index (χ1v) is 15.2. The number of nitrogens with one attached hydrogen (secondary N) is 1. The molecule has 9 heteroatoms. The molecule has 4 rings (SSSR count). The summed E-state index contributed by atoms with van der Waals surface area (Å²) < 4.78 is 32.6. The van der Waals surface area contributed by atoms with E-state index in [2.05, 4.69) is 37.5 Å². The van der Waals surface area contributed by atoms with E-state index in [-0.39, 0.29) is 48.0 Å². The highest BCUT2D eigenvalue weighted by Gasteiger charge is 2.34. The van der Waals surface area contributed by atoms with Crippen molar-refractivity contribution in [1.29, 1.82) is 5.41 Å². The van der Waals surface area contributed by atoms with Gasteiger partial charge in [-0.2, -0.15) is 0 Å². The van der Waals surface area contributed by atoms with E-state index >= 15 is 4.39 Å². The van der Waals surface area contributed by atoms with E-state index in [0.29, 0.717) is 23.5 Å². The number of halogens is 1. The third-order valence-electron chi connectivity index (χ3n) is 7.67. The molecule has 2 aromatic rings. The first-order chi connectivity index (χ1) is 20.0. The summed E-state index contributed by atoms with van der Waals surface area (Å²) in [5, 5.41) is 8.74. The van der Waals surface area contributed by atoms with Gasteiger partial charge in [-0.3, -0.25) is 10.2 Å². The smallest absolute Gasteiger partial charge is 0.197 e. The molecule has 2 heterocycles. The Hall–Kier alpha value is -3.33. The number of anilines is 1. The molecule has 0 radical (unpaired) electrons. The van der Waals surface area contributed by atoms with Gasteiger partial charge >= 0.3 is 0 Å². The number of fused-ring (bicyclic) bond motifs is 1. The van der Waals surface area contributed by atoms with Crippen LogP contribution in [-0.2, 0) is 12.0 Å². The van der Waals surface area contributed by atoms with Gasteiger partial charge in [0.1, 0.15) is 11.6 Å². The Bertz CT molecular complexity index is 1270. The fraction of sp³-hybridized carbons (Fsp3) is 0.576. The van der Waals surface area contributed by atoms with Gasteiger partial charge in [-0.25, -0.2) is 4.39 Å². The van der Waals surface area contributed by atoms with Gasteiger partial charge in [0.15, 0.2) is 23.1 Å². The number of rotatable bonds is 10. The van der Waals surface area contributed by atoms with E-state index in [1.807, 2.05) is 32.9 Å². The molecule has 0 aliphatic carbocycles. The summed E-state index contributed by atoms with van der Waals surface area (Å²) in [5.74, 6) is 0.359. The highest BCUT2D eigenvalue weighted by atomic mass is 19.1. The summed E-state index contributed by atoms with van der Waals surface area (Å²) in [6, 6.07) is 5.57. The highest BCUT2D eigenvalue weighted by Crippen LogP contribution is 2.42. The number of ketones is 1. The topological polar surface area (TPSA) is 78.3 Å². The number of piperazine rings is 1. The van der Waals surface area contributed by atoms with Crippen LogP contribution in [0, 0.1) is 11.2 Å². The average molecular weight is 585 g/mol. The van der Waals surface area contributed by atoms with Crippen LogP contribution in [0.15, 0.2) is 18.2 Å². The largest absolute Gasteiger partial charge is 0.494 e.